The van der Waals surface area contributed by atoms with Gasteiger partial charge in [-0.2, -0.15) is 0 Å². The zero-order valence-electron chi connectivity index (χ0n) is 11.9. The summed E-state index contributed by atoms with van der Waals surface area (Å²) in [4.78, 5) is 4.22. The van der Waals surface area contributed by atoms with Crippen molar-refractivity contribution in [1.82, 2.24) is 10.3 Å². The van der Waals surface area contributed by atoms with Gasteiger partial charge in [-0.1, -0.05) is 28.9 Å². The first-order valence-electron chi connectivity index (χ1n) is 6.82. The number of aromatic nitrogens is 1. The summed E-state index contributed by atoms with van der Waals surface area (Å²) < 4.78 is 1.09. The third-order valence-corrected chi connectivity index (χ3v) is 3.83. The van der Waals surface area contributed by atoms with Crippen molar-refractivity contribution in [2.45, 2.75) is 26.3 Å². The van der Waals surface area contributed by atoms with Gasteiger partial charge >= 0.3 is 0 Å². The predicted molar refractivity (Wildman–Crippen MR) is 87.7 cm³/mol. The van der Waals surface area contributed by atoms with Crippen LogP contribution >= 0.6 is 15.9 Å². The van der Waals surface area contributed by atoms with Gasteiger partial charge in [0.15, 0.2) is 0 Å². The number of halogens is 1. The third-order valence-electron chi connectivity index (χ3n) is 3.34. The van der Waals surface area contributed by atoms with Crippen molar-refractivity contribution in [3.05, 3.63) is 57.8 Å². The molecule has 0 bridgehead atoms. The lowest BCUT2D eigenvalue weighted by molar-refractivity contribution is 0.596. The summed E-state index contributed by atoms with van der Waals surface area (Å²) in [5.41, 5.74) is 10.4. The van der Waals surface area contributed by atoms with Gasteiger partial charge in [0.05, 0.1) is 6.04 Å². The Labute approximate surface area is 128 Å². The van der Waals surface area contributed by atoms with E-state index < -0.39 is 0 Å². The molecule has 2 rings (SSSR count). The number of nitrogens with two attached hydrogens (primary N) is 1. The highest BCUT2D eigenvalue weighted by Crippen LogP contribution is 2.29. The van der Waals surface area contributed by atoms with Crippen molar-refractivity contribution in [3.63, 3.8) is 0 Å². The van der Waals surface area contributed by atoms with Crippen LogP contribution in [0.1, 0.15) is 36.1 Å². The number of benzene rings is 1. The molecule has 0 aliphatic rings. The number of nitrogens with one attached hydrogen (secondary N) is 1. The van der Waals surface area contributed by atoms with Gasteiger partial charge in [0, 0.05) is 28.1 Å². The average Bonchev–Trinajstić information content (AvgIpc) is 2.42. The van der Waals surface area contributed by atoms with E-state index in [-0.39, 0.29) is 6.04 Å². The molecule has 0 saturated heterocycles. The lowest BCUT2D eigenvalue weighted by Gasteiger charge is -2.22. The minimum atomic E-state index is 0.0803. The molecule has 1 aromatic heterocycles. The Kier molecular flexibility index (Phi) is 5.15. The molecule has 0 spiro atoms. The maximum atomic E-state index is 6.12. The molecule has 0 fully saturated rings. The SMILES string of the molecule is CCCNC(c1ccc(Br)cc1C)c1cnccc1N. The monoisotopic (exact) mass is 333 g/mol. The summed E-state index contributed by atoms with van der Waals surface area (Å²) in [5, 5.41) is 3.57. The van der Waals surface area contributed by atoms with Gasteiger partial charge < -0.3 is 11.1 Å². The van der Waals surface area contributed by atoms with Crippen molar-refractivity contribution in [1.29, 1.82) is 0 Å². The number of aryl methyl sites for hydroxylation is 1. The predicted octanol–water partition coefficient (Wildman–Crippen LogP) is 3.82. The second-order valence-electron chi connectivity index (χ2n) is 4.89. The summed E-state index contributed by atoms with van der Waals surface area (Å²) in [7, 11) is 0. The zero-order chi connectivity index (χ0) is 14.5. The highest BCUT2D eigenvalue weighted by molar-refractivity contribution is 9.10. The van der Waals surface area contributed by atoms with E-state index in [1.807, 2.05) is 12.3 Å². The molecule has 0 aliphatic heterocycles. The topological polar surface area (TPSA) is 50.9 Å². The molecule has 1 heterocycles. The van der Waals surface area contributed by atoms with Gasteiger partial charge in [0.1, 0.15) is 0 Å². The van der Waals surface area contributed by atoms with Crippen LogP contribution in [0, 0.1) is 6.92 Å². The quantitative estimate of drug-likeness (QED) is 0.874. The maximum Gasteiger partial charge on any atom is 0.0615 e. The van der Waals surface area contributed by atoms with E-state index in [1.54, 1.807) is 6.20 Å². The Bertz CT molecular complexity index is 584. The highest BCUT2D eigenvalue weighted by atomic mass is 79.9. The van der Waals surface area contributed by atoms with Crippen LogP contribution in [0.2, 0.25) is 0 Å². The second-order valence-corrected chi connectivity index (χ2v) is 5.81. The lowest BCUT2D eigenvalue weighted by atomic mass is 9.95. The van der Waals surface area contributed by atoms with Gasteiger partial charge in [-0.05, 0) is 49.2 Å². The van der Waals surface area contributed by atoms with E-state index in [1.165, 1.54) is 11.1 Å². The Morgan fingerprint density at radius 2 is 2.10 bits per heavy atom. The standard InChI is InChI=1S/C16H20BrN3/c1-3-7-20-16(14-10-19-8-6-15(14)18)13-5-4-12(17)9-11(13)2/h4-6,8-10,16,20H,3,7H2,1-2H3,(H2,18,19). The van der Waals surface area contributed by atoms with Crippen LogP contribution in [-0.4, -0.2) is 11.5 Å². The fourth-order valence-corrected chi connectivity index (χ4v) is 2.77. The van der Waals surface area contributed by atoms with Crippen LogP contribution in [0.3, 0.4) is 0 Å². The van der Waals surface area contributed by atoms with Crippen LogP contribution in [-0.2, 0) is 0 Å². The number of hydrogen-bond acceptors (Lipinski definition) is 3. The Morgan fingerprint density at radius 1 is 1.30 bits per heavy atom. The van der Waals surface area contributed by atoms with Gasteiger partial charge in [-0.3, -0.25) is 4.98 Å². The van der Waals surface area contributed by atoms with E-state index in [4.69, 9.17) is 5.73 Å². The number of rotatable bonds is 5. The molecule has 0 aliphatic carbocycles. The van der Waals surface area contributed by atoms with Gasteiger partial charge in [0.25, 0.3) is 0 Å². The van der Waals surface area contributed by atoms with E-state index in [2.05, 4.69) is 58.3 Å². The second kappa shape index (κ2) is 6.86. The van der Waals surface area contributed by atoms with Crippen molar-refractivity contribution in [3.8, 4) is 0 Å². The number of hydrogen-bond donors (Lipinski definition) is 2. The summed E-state index contributed by atoms with van der Waals surface area (Å²) in [5.74, 6) is 0. The van der Waals surface area contributed by atoms with Crippen LogP contribution in [0.15, 0.2) is 41.1 Å². The van der Waals surface area contributed by atoms with Crippen LogP contribution in [0.4, 0.5) is 5.69 Å². The number of anilines is 1. The van der Waals surface area contributed by atoms with Crippen molar-refractivity contribution in [2.75, 3.05) is 12.3 Å². The van der Waals surface area contributed by atoms with E-state index in [0.29, 0.717) is 0 Å². The molecular formula is C16H20BrN3. The number of nitrogens with zero attached hydrogens (tertiary/aromatic N) is 1. The first-order valence-corrected chi connectivity index (χ1v) is 7.61. The van der Waals surface area contributed by atoms with Crippen molar-refractivity contribution >= 4 is 21.6 Å². The molecule has 1 aromatic carbocycles. The largest absolute Gasteiger partial charge is 0.398 e. The molecule has 106 valence electrons. The Hall–Kier alpha value is -1.39. The van der Waals surface area contributed by atoms with Gasteiger partial charge in [-0.25, -0.2) is 0 Å². The molecule has 4 heteroatoms. The molecule has 0 amide bonds. The first-order chi connectivity index (χ1) is 9.63. The Balaban J connectivity index is 2.44. The molecule has 0 saturated carbocycles. The summed E-state index contributed by atoms with van der Waals surface area (Å²) in [6.07, 6.45) is 4.65. The smallest absolute Gasteiger partial charge is 0.0615 e. The van der Waals surface area contributed by atoms with Crippen LogP contribution < -0.4 is 11.1 Å². The Morgan fingerprint density at radius 3 is 2.75 bits per heavy atom. The minimum Gasteiger partial charge on any atom is -0.398 e. The van der Waals surface area contributed by atoms with Gasteiger partial charge in [-0.15, -0.1) is 0 Å². The average molecular weight is 334 g/mol. The molecule has 2 aromatic rings. The molecule has 1 atom stereocenters. The van der Waals surface area contributed by atoms with E-state index in [9.17, 15) is 0 Å². The van der Waals surface area contributed by atoms with Crippen molar-refractivity contribution in [2.24, 2.45) is 0 Å². The van der Waals surface area contributed by atoms with E-state index >= 15 is 0 Å². The fourth-order valence-electron chi connectivity index (χ4n) is 2.30. The maximum absolute atomic E-state index is 6.12. The summed E-state index contributed by atoms with van der Waals surface area (Å²) >= 11 is 3.51. The first kappa shape index (κ1) is 15.0. The minimum absolute atomic E-state index is 0.0803. The van der Waals surface area contributed by atoms with E-state index in [0.717, 1.165) is 28.7 Å². The molecule has 0 radical (unpaired) electrons. The third kappa shape index (κ3) is 3.38. The molecular weight excluding hydrogens is 314 g/mol. The zero-order valence-corrected chi connectivity index (χ0v) is 13.4. The van der Waals surface area contributed by atoms with Crippen LogP contribution in [0.5, 0.6) is 0 Å². The molecule has 1 unspecified atom stereocenters. The highest BCUT2D eigenvalue weighted by Gasteiger charge is 2.18. The molecule has 3 N–H and O–H groups in total. The number of pyridine rings is 1. The van der Waals surface area contributed by atoms with Crippen molar-refractivity contribution < 1.29 is 0 Å². The fraction of sp³-hybridized carbons (Fsp3) is 0.312. The summed E-state index contributed by atoms with van der Waals surface area (Å²) in [6.45, 7) is 5.22. The molecule has 20 heavy (non-hydrogen) atoms. The molecule has 3 nitrogen and oxygen atoms in total. The normalized spacial score (nSPS) is 12.3. The summed E-state index contributed by atoms with van der Waals surface area (Å²) in [6, 6.07) is 8.26. The van der Waals surface area contributed by atoms with Crippen LogP contribution in [0.25, 0.3) is 0 Å². The lowest BCUT2D eigenvalue weighted by Crippen LogP contribution is -2.25. The van der Waals surface area contributed by atoms with Gasteiger partial charge in [0.2, 0.25) is 0 Å². The number of nitrogen functional groups attached to an aromatic ring is 1.